The van der Waals surface area contributed by atoms with E-state index >= 15 is 0 Å². The van der Waals surface area contributed by atoms with Crippen LogP contribution >= 0.6 is 7.94 Å². The SMILES string of the molecule is COc1ccc(C(O)[P+](O)(O)O)cc1. The van der Waals surface area contributed by atoms with Gasteiger partial charge in [-0.3, -0.25) is 0 Å². The van der Waals surface area contributed by atoms with Crippen molar-refractivity contribution in [3.8, 4) is 5.75 Å². The molecule has 78 valence electrons. The number of hydrogen-bond acceptors (Lipinski definition) is 5. The first-order valence-electron chi connectivity index (χ1n) is 3.84. The van der Waals surface area contributed by atoms with Crippen molar-refractivity contribution >= 4 is 7.94 Å². The summed E-state index contributed by atoms with van der Waals surface area (Å²) in [4.78, 5) is 26.4. The Labute approximate surface area is 81.8 Å². The fourth-order valence-electron chi connectivity index (χ4n) is 0.976. The summed E-state index contributed by atoms with van der Waals surface area (Å²) in [5, 5.41) is 9.28. The van der Waals surface area contributed by atoms with E-state index in [1.807, 2.05) is 0 Å². The molecule has 0 aliphatic heterocycles. The van der Waals surface area contributed by atoms with Gasteiger partial charge in [0.05, 0.1) is 7.11 Å². The van der Waals surface area contributed by atoms with Crippen LogP contribution in [0.4, 0.5) is 0 Å². The minimum absolute atomic E-state index is 0.228. The van der Waals surface area contributed by atoms with Gasteiger partial charge in [-0.25, -0.2) is 0 Å². The molecule has 1 rings (SSSR count). The van der Waals surface area contributed by atoms with Crippen molar-refractivity contribution in [2.45, 2.75) is 5.85 Å². The Morgan fingerprint density at radius 3 is 2.00 bits per heavy atom. The van der Waals surface area contributed by atoms with Crippen LogP contribution in [-0.2, 0) is 0 Å². The Hall–Kier alpha value is -0.710. The summed E-state index contributed by atoms with van der Waals surface area (Å²) in [5.41, 5.74) is 0.228. The Morgan fingerprint density at radius 2 is 1.64 bits per heavy atom. The summed E-state index contributed by atoms with van der Waals surface area (Å²) in [6.07, 6.45) is 0. The molecule has 0 aliphatic carbocycles. The summed E-state index contributed by atoms with van der Waals surface area (Å²) in [5.74, 6) is -1.08. The molecule has 0 aromatic heterocycles. The Bertz CT molecular complexity index is 292. The maximum absolute atomic E-state index is 9.28. The van der Waals surface area contributed by atoms with Gasteiger partial charge in [0.15, 0.2) is 0 Å². The van der Waals surface area contributed by atoms with E-state index in [2.05, 4.69) is 0 Å². The highest BCUT2D eigenvalue weighted by molar-refractivity contribution is 7.58. The van der Waals surface area contributed by atoms with Gasteiger partial charge < -0.3 is 9.84 Å². The van der Waals surface area contributed by atoms with Crippen LogP contribution in [0.1, 0.15) is 11.4 Å². The Kier molecular flexibility index (Phi) is 3.42. The molecule has 4 N–H and O–H groups in total. The molecule has 0 fully saturated rings. The summed E-state index contributed by atoms with van der Waals surface area (Å²) in [7, 11) is -2.74. The quantitative estimate of drug-likeness (QED) is 0.553. The number of rotatable bonds is 3. The fourth-order valence-corrected chi connectivity index (χ4v) is 1.55. The van der Waals surface area contributed by atoms with E-state index in [4.69, 9.17) is 19.4 Å². The highest BCUT2D eigenvalue weighted by Gasteiger charge is 2.42. The van der Waals surface area contributed by atoms with E-state index in [1.54, 1.807) is 12.1 Å². The zero-order valence-electron chi connectivity index (χ0n) is 7.53. The molecule has 0 radical (unpaired) electrons. The molecule has 1 aromatic rings. The first-order chi connectivity index (χ1) is 6.45. The zero-order valence-corrected chi connectivity index (χ0v) is 8.43. The monoisotopic (exact) mass is 219 g/mol. The van der Waals surface area contributed by atoms with Crippen molar-refractivity contribution in [3.63, 3.8) is 0 Å². The van der Waals surface area contributed by atoms with Crippen molar-refractivity contribution in [2.75, 3.05) is 7.11 Å². The lowest BCUT2D eigenvalue weighted by Gasteiger charge is -2.11. The lowest BCUT2D eigenvalue weighted by molar-refractivity contribution is 0.184. The Morgan fingerprint density at radius 1 is 1.14 bits per heavy atom. The minimum atomic E-state index is -4.24. The molecule has 0 heterocycles. The standard InChI is InChI=1S/C8H12O5P/c1-13-7-4-2-6(3-5-7)8(9)14(10,11)12/h2-5,8-12H,1H3/q+1. The second-order valence-electron chi connectivity index (χ2n) is 2.76. The molecule has 5 nitrogen and oxygen atoms in total. The molecule has 0 saturated carbocycles. The number of benzene rings is 1. The summed E-state index contributed by atoms with van der Waals surface area (Å²) >= 11 is 0. The van der Waals surface area contributed by atoms with Crippen molar-refractivity contribution in [1.82, 2.24) is 0 Å². The van der Waals surface area contributed by atoms with Crippen molar-refractivity contribution in [3.05, 3.63) is 29.8 Å². The van der Waals surface area contributed by atoms with Gasteiger partial charge in [0.1, 0.15) is 5.75 Å². The van der Waals surface area contributed by atoms with Crippen LogP contribution in [0.2, 0.25) is 0 Å². The highest BCUT2D eigenvalue weighted by atomic mass is 31.2. The molecule has 0 saturated heterocycles. The average molecular weight is 219 g/mol. The smallest absolute Gasteiger partial charge is 0.439 e. The van der Waals surface area contributed by atoms with Crippen molar-refractivity contribution in [2.24, 2.45) is 0 Å². The largest absolute Gasteiger partial charge is 0.497 e. The summed E-state index contributed by atoms with van der Waals surface area (Å²) in [6, 6.07) is 5.99. The van der Waals surface area contributed by atoms with Crippen LogP contribution in [0, 0.1) is 0 Å². The summed E-state index contributed by atoms with van der Waals surface area (Å²) < 4.78 is 4.87. The van der Waals surface area contributed by atoms with Crippen LogP contribution in [0.3, 0.4) is 0 Å². The van der Waals surface area contributed by atoms with Gasteiger partial charge in [-0.1, -0.05) is 0 Å². The van der Waals surface area contributed by atoms with Gasteiger partial charge >= 0.3 is 7.94 Å². The van der Waals surface area contributed by atoms with Crippen LogP contribution in [0.25, 0.3) is 0 Å². The first-order valence-corrected chi connectivity index (χ1v) is 5.56. The first kappa shape index (κ1) is 11.4. The predicted molar refractivity (Wildman–Crippen MR) is 51.5 cm³/mol. The van der Waals surface area contributed by atoms with Gasteiger partial charge in [0.25, 0.3) is 5.85 Å². The molecular formula is C8H12O5P+. The van der Waals surface area contributed by atoms with Crippen LogP contribution in [0.15, 0.2) is 24.3 Å². The summed E-state index contributed by atoms with van der Waals surface area (Å²) in [6.45, 7) is 0. The second kappa shape index (κ2) is 4.21. The number of aliphatic hydroxyl groups excluding tert-OH is 1. The molecule has 0 amide bonds. The van der Waals surface area contributed by atoms with Crippen LogP contribution < -0.4 is 4.74 Å². The van der Waals surface area contributed by atoms with Gasteiger partial charge in [0.2, 0.25) is 0 Å². The van der Waals surface area contributed by atoms with Crippen LogP contribution in [0.5, 0.6) is 5.75 Å². The molecule has 1 aromatic carbocycles. The molecule has 0 spiro atoms. The Balaban J connectivity index is 2.87. The molecular weight excluding hydrogens is 207 g/mol. The van der Waals surface area contributed by atoms with Gasteiger partial charge in [-0.15, -0.1) is 0 Å². The third-order valence-electron chi connectivity index (χ3n) is 1.74. The minimum Gasteiger partial charge on any atom is -0.497 e. The van der Waals surface area contributed by atoms with Crippen LogP contribution in [-0.4, -0.2) is 26.9 Å². The fraction of sp³-hybridized carbons (Fsp3) is 0.250. The maximum atomic E-state index is 9.28. The third-order valence-corrected chi connectivity index (χ3v) is 2.70. The van der Waals surface area contributed by atoms with Crippen molar-refractivity contribution < 1.29 is 24.5 Å². The molecule has 6 heteroatoms. The molecule has 0 bridgehead atoms. The molecule has 1 atom stereocenters. The zero-order chi connectivity index (χ0) is 10.8. The normalized spacial score (nSPS) is 13.8. The van der Waals surface area contributed by atoms with E-state index in [-0.39, 0.29) is 5.56 Å². The average Bonchev–Trinajstić information content (AvgIpc) is 2.15. The number of hydrogen-bond donors (Lipinski definition) is 4. The maximum Gasteiger partial charge on any atom is 0.439 e. The van der Waals surface area contributed by atoms with E-state index in [0.29, 0.717) is 5.75 Å². The van der Waals surface area contributed by atoms with E-state index < -0.39 is 13.8 Å². The third kappa shape index (κ3) is 2.64. The lowest BCUT2D eigenvalue weighted by Crippen LogP contribution is -2.03. The lowest BCUT2D eigenvalue weighted by atomic mass is 10.2. The topological polar surface area (TPSA) is 90.2 Å². The van der Waals surface area contributed by atoms with E-state index in [1.165, 1.54) is 19.2 Å². The highest BCUT2D eigenvalue weighted by Crippen LogP contribution is 2.57. The predicted octanol–water partition coefficient (Wildman–Crippen LogP) is 0.426. The van der Waals surface area contributed by atoms with Gasteiger partial charge in [-0.2, -0.15) is 14.7 Å². The molecule has 0 aliphatic rings. The van der Waals surface area contributed by atoms with Gasteiger partial charge in [-0.05, 0) is 24.3 Å². The number of ether oxygens (including phenoxy) is 1. The second-order valence-corrected chi connectivity index (χ2v) is 4.48. The number of aliphatic hydroxyl groups is 1. The van der Waals surface area contributed by atoms with E-state index in [9.17, 15) is 5.11 Å². The van der Waals surface area contributed by atoms with Crippen molar-refractivity contribution in [1.29, 1.82) is 0 Å². The molecule has 1 unspecified atom stereocenters. The van der Waals surface area contributed by atoms with E-state index in [0.717, 1.165) is 0 Å². The molecule has 14 heavy (non-hydrogen) atoms. The van der Waals surface area contributed by atoms with Gasteiger partial charge in [0, 0.05) is 5.56 Å². The number of methoxy groups -OCH3 is 1.